The van der Waals surface area contributed by atoms with Crippen molar-refractivity contribution in [3.05, 3.63) is 76.8 Å². The van der Waals surface area contributed by atoms with Crippen molar-refractivity contribution in [2.24, 2.45) is 0 Å². The molecule has 0 amide bonds. The van der Waals surface area contributed by atoms with Gasteiger partial charge in [-0.1, -0.05) is 24.3 Å². The van der Waals surface area contributed by atoms with Gasteiger partial charge in [-0.3, -0.25) is 9.78 Å². The first kappa shape index (κ1) is 16.3. The van der Waals surface area contributed by atoms with Gasteiger partial charge in [0.1, 0.15) is 0 Å². The van der Waals surface area contributed by atoms with E-state index in [2.05, 4.69) is 19.9 Å². The molecule has 28 heavy (non-hydrogen) atoms. The smallest absolute Gasteiger partial charge is 0.276 e. The number of aromatic nitrogens is 4. The Bertz CT molecular complexity index is 1400. The molecule has 136 valence electrons. The van der Waals surface area contributed by atoms with Crippen molar-refractivity contribution in [3.63, 3.8) is 0 Å². The predicted octanol–water partition coefficient (Wildman–Crippen LogP) is 4.02. The minimum Gasteiger partial charge on any atom is -0.396 e. The van der Waals surface area contributed by atoms with Gasteiger partial charge in [-0.05, 0) is 42.8 Å². The number of rotatable bonds is 2. The number of hydrogen-bond acceptors (Lipinski definition) is 4. The summed E-state index contributed by atoms with van der Waals surface area (Å²) in [6.07, 6.45) is 1.84. The van der Waals surface area contributed by atoms with Gasteiger partial charge in [0.25, 0.3) is 5.56 Å². The molecule has 6 nitrogen and oxygen atoms in total. The fourth-order valence-electron chi connectivity index (χ4n) is 3.42. The van der Waals surface area contributed by atoms with Crippen LogP contribution >= 0.6 is 0 Å². The Morgan fingerprint density at radius 3 is 2.57 bits per heavy atom. The third-order valence-electron chi connectivity index (χ3n) is 4.92. The molecule has 0 saturated heterocycles. The fraction of sp³-hybridized carbons (Fsp3) is 0.0455. The second-order valence-electron chi connectivity index (χ2n) is 6.79. The SMILES string of the molecule is Cc1ccc(-c2ccc3[nH]c(-c4nc5ccccc5[nH]c4=O)c(N)c3c2)cn1. The number of nitrogens with two attached hydrogens (primary N) is 1. The van der Waals surface area contributed by atoms with Crippen LogP contribution in [0.4, 0.5) is 5.69 Å². The summed E-state index contributed by atoms with van der Waals surface area (Å²) >= 11 is 0. The molecule has 3 heterocycles. The Balaban J connectivity index is 1.69. The van der Waals surface area contributed by atoms with E-state index >= 15 is 0 Å². The van der Waals surface area contributed by atoms with Crippen LogP contribution in [0, 0.1) is 6.92 Å². The molecule has 0 aliphatic rings. The summed E-state index contributed by atoms with van der Waals surface area (Å²) in [5, 5.41) is 0.849. The van der Waals surface area contributed by atoms with Crippen LogP contribution in [0.3, 0.4) is 0 Å². The lowest BCUT2D eigenvalue weighted by Gasteiger charge is -2.03. The molecule has 0 radical (unpaired) electrons. The first-order chi connectivity index (χ1) is 13.6. The van der Waals surface area contributed by atoms with E-state index in [0.717, 1.165) is 27.7 Å². The summed E-state index contributed by atoms with van der Waals surface area (Å²) in [6.45, 7) is 1.96. The molecule has 0 aliphatic carbocycles. The molecule has 0 bridgehead atoms. The minimum atomic E-state index is -0.278. The van der Waals surface area contributed by atoms with E-state index in [-0.39, 0.29) is 11.3 Å². The summed E-state index contributed by atoms with van der Waals surface area (Å²) in [5.74, 6) is 0. The molecule has 0 aliphatic heterocycles. The normalized spacial score (nSPS) is 11.3. The van der Waals surface area contributed by atoms with Crippen molar-refractivity contribution in [2.75, 3.05) is 5.73 Å². The van der Waals surface area contributed by atoms with Crippen LogP contribution in [-0.4, -0.2) is 19.9 Å². The quantitative estimate of drug-likeness (QED) is 0.438. The van der Waals surface area contributed by atoms with Crippen molar-refractivity contribution in [3.8, 4) is 22.5 Å². The number of nitrogen functional groups attached to an aromatic ring is 1. The van der Waals surface area contributed by atoms with E-state index in [4.69, 9.17) is 5.73 Å². The standard InChI is InChI=1S/C22H17N5O/c1-12-6-7-14(11-24-12)13-8-9-16-15(10-13)19(23)20(25-16)21-22(28)27-18-5-3-2-4-17(18)26-21/h2-11,25H,23H2,1H3,(H,27,28). The Labute approximate surface area is 160 Å². The summed E-state index contributed by atoms with van der Waals surface area (Å²) < 4.78 is 0. The number of nitrogens with zero attached hydrogens (tertiary/aromatic N) is 2. The Morgan fingerprint density at radius 1 is 0.929 bits per heavy atom. The summed E-state index contributed by atoms with van der Waals surface area (Å²) in [5.41, 5.74) is 12.7. The second kappa shape index (κ2) is 6.06. The number of aryl methyl sites for hydroxylation is 1. The maximum atomic E-state index is 12.6. The van der Waals surface area contributed by atoms with Crippen molar-refractivity contribution >= 4 is 27.6 Å². The fourth-order valence-corrected chi connectivity index (χ4v) is 3.42. The van der Waals surface area contributed by atoms with E-state index in [1.54, 1.807) is 0 Å². The highest BCUT2D eigenvalue weighted by Crippen LogP contribution is 2.33. The zero-order chi connectivity index (χ0) is 19.3. The van der Waals surface area contributed by atoms with Gasteiger partial charge in [0, 0.05) is 28.4 Å². The number of pyridine rings is 1. The van der Waals surface area contributed by atoms with Crippen molar-refractivity contribution in [1.82, 2.24) is 19.9 Å². The molecule has 3 aromatic heterocycles. The average Bonchev–Trinajstić information content (AvgIpc) is 3.04. The zero-order valence-electron chi connectivity index (χ0n) is 15.2. The molecule has 0 spiro atoms. The van der Waals surface area contributed by atoms with Crippen LogP contribution < -0.4 is 11.3 Å². The van der Waals surface area contributed by atoms with Crippen molar-refractivity contribution in [2.45, 2.75) is 6.92 Å². The van der Waals surface area contributed by atoms with Crippen LogP contribution in [-0.2, 0) is 0 Å². The highest BCUT2D eigenvalue weighted by atomic mass is 16.1. The summed E-state index contributed by atoms with van der Waals surface area (Å²) in [7, 11) is 0. The molecule has 0 saturated carbocycles. The number of nitrogens with one attached hydrogen (secondary N) is 2. The lowest BCUT2D eigenvalue weighted by Crippen LogP contribution is -2.12. The molecule has 6 heteroatoms. The van der Waals surface area contributed by atoms with E-state index in [0.29, 0.717) is 22.4 Å². The predicted molar refractivity (Wildman–Crippen MR) is 112 cm³/mol. The third-order valence-corrected chi connectivity index (χ3v) is 4.92. The van der Waals surface area contributed by atoms with Gasteiger partial charge in [-0.25, -0.2) is 4.98 Å². The Hall–Kier alpha value is -3.93. The van der Waals surface area contributed by atoms with Gasteiger partial charge >= 0.3 is 0 Å². The van der Waals surface area contributed by atoms with E-state index in [1.807, 2.05) is 67.7 Å². The molecule has 5 aromatic rings. The van der Waals surface area contributed by atoms with Crippen LogP contribution in [0.25, 0.3) is 44.5 Å². The van der Waals surface area contributed by atoms with Gasteiger partial charge in [0.2, 0.25) is 0 Å². The lowest BCUT2D eigenvalue weighted by molar-refractivity contribution is 1.20. The number of hydrogen-bond donors (Lipinski definition) is 3. The number of H-pyrrole nitrogens is 2. The summed E-state index contributed by atoms with van der Waals surface area (Å²) in [6, 6.07) is 17.4. The number of benzene rings is 2. The van der Waals surface area contributed by atoms with Crippen molar-refractivity contribution < 1.29 is 0 Å². The number of para-hydroxylation sites is 2. The van der Waals surface area contributed by atoms with Gasteiger partial charge in [-0.2, -0.15) is 0 Å². The molecule has 0 unspecified atom stereocenters. The van der Waals surface area contributed by atoms with Gasteiger partial charge in [0.05, 0.1) is 22.4 Å². The maximum Gasteiger partial charge on any atom is 0.276 e. The van der Waals surface area contributed by atoms with Crippen LogP contribution in [0.2, 0.25) is 0 Å². The molecule has 2 aromatic carbocycles. The summed E-state index contributed by atoms with van der Waals surface area (Å²) in [4.78, 5) is 27.6. The highest BCUT2D eigenvalue weighted by molar-refractivity contribution is 6.01. The Kier molecular flexibility index (Phi) is 3.52. The number of anilines is 1. The molecular formula is C22H17N5O. The third kappa shape index (κ3) is 2.54. The molecular weight excluding hydrogens is 350 g/mol. The van der Waals surface area contributed by atoms with E-state index in [1.165, 1.54) is 0 Å². The number of fused-ring (bicyclic) bond motifs is 2. The first-order valence-electron chi connectivity index (χ1n) is 8.94. The molecule has 0 atom stereocenters. The van der Waals surface area contributed by atoms with Gasteiger partial charge < -0.3 is 15.7 Å². The maximum absolute atomic E-state index is 12.6. The minimum absolute atomic E-state index is 0.278. The van der Waals surface area contributed by atoms with E-state index < -0.39 is 0 Å². The second-order valence-corrected chi connectivity index (χ2v) is 6.79. The Morgan fingerprint density at radius 2 is 1.75 bits per heavy atom. The highest BCUT2D eigenvalue weighted by Gasteiger charge is 2.16. The molecule has 5 rings (SSSR count). The van der Waals surface area contributed by atoms with Gasteiger partial charge in [0.15, 0.2) is 5.69 Å². The topological polar surface area (TPSA) is 100 Å². The zero-order valence-corrected chi connectivity index (χ0v) is 15.2. The lowest BCUT2D eigenvalue weighted by atomic mass is 10.0. The first-order valence-corrected chi connectivity index (χ1v) is 8.94. The van der Waals surface area contributed by atoms with Crippen molar-refractivity contribution in [1.29, 1.82) is 0 Å². The van der Waals surface area contributed by atoms with E-state index in [9.17, 15) is 4.79 Å². The molecule has 4 N–H and O–H groups in total. The average molecular weight is 367 g/mol. The van der Waals surface area contributed by atoms with Gasteiger partial charge in [-0.15, -0.1) is 0 Å². The monoisotopic (exact) mass is 367 g/mol. The largest absolute Gasteiger partial charge is 0.396 e. The van der Waals surface area contributed by atoms with Crippen LogP contribution in [0.1, 0.15) is 5.69 Å². The van der Waals surface area contributed by atoms with Crippen LogP contribution in [0.15, 0.2) is 65.6 Å². The van der Waals surface area contributed by atoms with Crippen LogP contribution in [0.5, 0.6) is 0 Å². The molecule has 0 fully saturated rings. The number of aromatic amines is 2.